The molecule has 0 aromatic heterocycles. The molecule has 0 bridgehead atoms. The molecule has 2 rings (SSSR count). The molecule has 0 amide bonds. The van der Waals surface area contributed by atoms with Gasteiger partial charge in [-0.2, -0.15) is 0 Å². The summed E-state index contributed by atoms with van der Waals surface area (Å²) in [6.07, 6.45) is 2.32. The molecule has 0 aromatic rings. The van der Waals surface area contributed by atoms with E-state index in [4.69, 9.17) is 9.47 Å². The number of hydrogen-bond donors (Lipinski definition) is 0. The van der Waals surface area contributed by atoms with E-state index in [1.165, 1.54) is 12.2 Å². The minimum atomic E-state index is -0.338. The molecule has 0 spiro atoms. The quantitative estimate of drug-likeness (QED) is 0.155. The van der Waals surface area contributed by atoms with E-state index in [1.54, 1.807) is 0 Å². The first-order chi connectivity index (χ1) is 13.9. The van der Waals surface area contributed by atoms with E-state index in [0.717, 1.165) is 28.1 Å². The largest absolute Gasteiger partial charge is 0.458 e. The van der Waals surface area contributed by atoms with Crippen molar-refractivity contribution in [1.29, 1.82) is 0 Å². The van der Waals surface area contributed by atoms with Gasteiger partial charge in [-0.25, -0.2) is 9.59 Å². The molecule has 2 aliphatic rings. The van der Waals surface area contributed by atoms with Crippen molar-refractivity contribution in [3.05, 3.63) is 25.3 Å². The Morgan fingerprint density at radius 2 is 1.34 bits per heavy atom. The third-order valence-corrected chi connectivity index (χ3v) is 14.3. The van der Waals surface area contributed by atoms with Gasteiger partial charge < -0.3 is 9.47 Å². The van der Waals surface area contributed by atoms with Gasteiger partial charge in [0, 0.05) is 40.2 Å². The normalized spacial score (nSPS) is 28.5. The highest BCUT2D eigenvalue weighted by molar-refractivity contribution is 8.23. The summed E-state index contributed by atoms with van der Waals surface area (Å²) in [7, 11) is 0. The summed E-state index contributed by atoms with van der Waals surface area (Å²) in [6, 6.07) is 0. The smallest absolute Gasteiger partial charge is 0.330 e. The Labute approximate surface area is 199 Å². The molecule has 2 heterocycles. The summed E-state index contributed by atoms with van der Waals surface area (Å²) >= 11 is 11.8. The number of rotatable bonds is 12. The van der Waals surface area contributed by atoms with E-state index in [1.807, 2.05) is 84.4 Å². The fourth-order valence-electron chi connectivity index (χ4n) is 2.58. The summed E-state index contributed by atoms with van der Waals surface area (Å²) in [5, 5.41) is 1.82. The lowest BCUT2D eigenvalue weighted by atomic mass is 10.3. The lowest BCUT2D eigenvalue weighted by molar-refractivity contribution is -0.142. The summed E-state index contributed by atoms with van der Waals surface area (Å²) in [4.78, 5) is 22.7. The van der Waals surface area contributed by atoms with Crippen LogP contribution in [0.1, 0.15) is 13.8 Å². The summed E-state index contributed by atoms with van der Waals surface area (Å²) in [5.74, 6) is 3.61. The summed E-state index contributed by atoms with van der Waals surface area (Å²) in [6.45, 7) is 10.8. The third-order valence-electron chi connectivity index (χ3n) is 4.21. The first-order valence-electron chi connectivity index (χ1n) is 9.28. The third kappa shape index (κ3) is 9.27. The molecule has 29 heavy (non-hydrogen) atoms. The molecule has 164 valence electrons. The lowest BCUT2D eigenvalue weighted by Crippen LogP contribution is -2.25. The summed E-state index contributed by atoms with van der Waals surface area (Å²) in [5.41, 5.74) is 0. The molecule has 4 nitrogen and oxygen atoms in total. The van der Waals surface area contributed by atoms with Gasteiger partial charge in [0.05, 0.1) is 19.7 Å². The maximum Gasteiger partial charge on any atom is 0.330 e. The zero-order valence-electron chi connectivity index (χ0n) is 16.7. The highest BCUT2D eigenvalue weighted by Gasteiger charge is 2.33. The molecule has 10 heteroatoms. The monoisotopic (exact) mass is 512 g/mol. The zero-order chi connectivity index (χ0) is 21.2. The minimum absolute atomic E-state index is 0.0696. The second kappa shape index (κ2) is 13.8. The van der Waals surface area contributed by atoms with Crippen molar-refractivity contribution in [3.8, 4) is 0 Å². The average molecular weight is 513 g/mol. The second-order valence-corrected chi connectivity index (χ2v) is 14.8. The van der Waals surface area contributed by atoms with Gasteiger partial charge in [0.1, 0.15) is 12.2 Å². The first kappa shape index (κ1) is 25.8. The molecule has 0 N–H and O–H groups in total. The van der Waals surface area contributed by atoms with E-state index >= 15 is 0 Å². The molecule has 2 aliphatic heterocycles. The molecule has 2 fully saturated rings. The van der Waals surface area contributed by atoms with Gasteiger partial charge in [-0.3, -0.25) is 0 Å². The molecule has 0 radical (unpaired) electrons. The number of carbonyl (C=O) groups excluding carboxylic acids is 2. The van der Waals surface area contributed by atoms with Crippen LogP contribution in [-0.2, 0) is 19.1 Å². The average Bonchev–Trinajstić information content (AvgIpc) is 3.37. The Bertz CT molecular complexity index is 527. The topological polar surface area (TPSA) is 52.6 Å². The van der Waals surface area contributed by atoms with E-state index in [0.29, 0.717) is 19.7 Å². The van der Waals surface area contributed by atoms with Crippen LogP contribution in [0.2, 0.25) is 0 Å². The van der Waals surface area contributed by atoms with Crippen molar-refractivity contribution in [1.82, 2.24) is 0 Å². The predicted molar refractivity (Wildman–Crippen MR) is 137 cm³/mol. The van der Waals surface area contributed by atoms with E-state index in [2.05, 4.69) is 13.2 Å². The Kier molecular flexibility index (Phi) is 12.3. The van der Waals surface area contributed by atoms with E-state index in [-0.39, 0.29) is 24.1 Å². The number of esters is 2. The van der Waals surface area contributed by atoms with Crippen LogP contribution >= 0.6 is 70.6 Å². The van der Waals surface area contributed by atoms with Gasteiger partial charge >= 0.3 is 11.9 Å². The minimum Gasteiger partial charge on any atom is -0.458 e. The molecule has 0 aliphatic carbocycles. The fraction of sp³-hybridized carbons (Fsp3) is 0.684. The van der Waals surface area contributed by atoms with E-state index < -0.39 is 0 Å². The molecule has 0 aromatic carbocycles. The highest BCUT2D eigenvalue weighted by Crippen LogP contribution is 2.43. The number of thioether (sulfide) groups is 6. The van der Waals surface area contributed by atoms with Crippen LogP contribution in [0, 0.1) is 0 Å². The van der Waals surface area contributed by atoms with Crippen molar-refractivity contribution in [3.63, 3.8) is 0 Å². The molecule has 6 atom stereocenters. The molecule has 2 saturated heterocycles. The van der Waals surface area contributed by atoms with Crippen molar-refractivity contribution in [2.45, 2.75) is 45.7 Å². The second-order valence-electron chi connectivity index (χ2n) is 6.43. The number of hydrogen-bond acceptors (Lipinski definition) is 10. The Morgan fingerprint density at radius 1 is 0.931 bits per heavy atom. The van der Waals surface area contributed by atoms with Crippen LogP contribution in [0.3, 0.4) is 0 Å². The van der Waals surface area contributed by atoms with Gasteiger partial charge in [-0.05, 0) is 13.8 Å². The van der Waals surface area contributed by atoms with Crippen molar-refractivity contribution >= 4 is 82.5 Å². The Morgan fingerprint density at radius 3 is 1.72 bits per heavy atom. The van der Waals surface area contributed by atoms with Gasteiger partial charge in [0.15, 0.2) is 0 Å². The molecule has 6 unspecified atom stereocenters. The van der Waals surface area contributed by atoms with Crippen LogP contribution in [-0.4, -0.2) is 71.9 Å². The Hall–Kier alpha value is 0.520. The maximum absolute atomic E-state index is 11.3. The van der Waals surface area contributed by atoms with Gasteiger partial charge in [0.25, 0.3) is 0 Å². The van der Waals surface area contributed by atoms with Crippen LogP contribution in [0.5, 0.6) is 0 Å². The standard InChI is InChI=1S/C19H28O4S6/c1-5-16(20)22-12(3)14-7-26-18(28-14)9-24-11-25-10-19-27-8-15(29-19)13(4)23-17(21)6-2/h5-6,12-15,18-19H,1-2,7-11H2,3-4H3. The first-order valence-corrected chi connectivity index (χ1v) is 15.6. The van der Waals surface area contributed by atoms with E-state index in [9.17, 15) is 9.59 Å². The SMILES string of the molecule is C=CC(=O)OC(C)C1CSC(CSCSCC2SCC(C(C)OC(=O)C=C)S2)S1. The van der Waals surface area contributed by atoms with Crippen LogP contribution in [0.25, 0.3) is 0 Å². The van der Waals surface area contributed by atoms with Crippen molar-refractivity contribution in [2.75, 3.05) is 28.1 Å². The van der Waals surface area contributed by atoms with Gasteiger partial charge in [-0.1, -0.05) is 13.2 Å². The fourth-order valence-corrected chi connectivity index (χ4v) is 12.5. The highest BCUT2D eigenvalue weighted by atomic mass is 32.2. The zero-order valence-corrected chi connectivity index (χ0v) is 21.6. The number of carbonyl (C=O) groups is 2. The summed E-state index contributed by atoms with van der Waals surface area (Å²) < 4.78 is 11.8. The van der Waals surface area contributed by atoms with Gasteiger partial charge in [0.2, 0.25) is 0 Å². The molecule has 0 saturated carbocycles. The van der Waals surface area contributed by atoms with Gasteiger partial charge in [-0.15, -0.1) is 70.6 Å². The molecular formula is C19H28O4S6. The van der Waals surface area contributed by atoms with Crippen LogP contribution in [0.4, 0.5) is 0 Å². The van der Waals surface area contributed by atoms with Crippen molar-refractivity contribution < 1.29 is 19.1 Å². The predicted octanol–water partition coefficient (Wildman–Crippen LogP) is 5.00. The Balaban J connectivity index is 1.53. The van der Waals surface area contributed by atoms with Crippen LogP contribution < -0.4 is 0 Å². The lowest BCUT2D eigenvalue weighted by Gasteiger charge is -2.18. The maximum atomic E-state index is 11.3. The van der Waals surface area contributed by atoms with Crippen molar-refractivity contribution in [2.24, 2.45) is 0 Å². The number of ether oxygens (including phenoxy) is 2. The molecular weight excluding hydrogens is 485 g/mol. The van der Waals surface area contributed by atoms with Crippen LogP contribution in [0.15, 0.2) is 25.3 Å².